The zero-order valence-electron chi connectivity index (χ0n) is 12.5. The zero-order chi connectivity index (χ0) is 14.3. The average molecular weight is 273 g/mol. The number of hydrogen-bond donors (Lipinski definition) is 1. The molecule has 4 nitrogen and oxygen atoms in total. The maximum Gasteiger partial charge on any atom is 0.153 e. The van der Waals surface area contributed by atoms with Crippen LogP contribution in [0.25, 0.3) is 0 Å². The second-order valence-electron chi connectivity index (χ2n) is 5.99. The number of likely N-dealkylation sites (tertiary alicyclic amines) is 1. The van der Waals surface area contributed by atoms with E-state index in [4.69, 9.17) is 15.5 Å². The summed E-state index contributed by atoms with van der Waals surface area (Å²) in [5, 5.41) is 0. The van der Waals surface area contributed by atoms with Crippen LogP contribution in [0.4, 0.5) is 11.4 Å². The Balaban J connectivity index is 1.98. The maximum absolute atomic E-state index is 6.02. The van der Waals surface area contributed by atoms with Crippen molar-refractivity contribution in [2.24, 2.45) is 4.99 Å². The quantitative estimate of drug-likeness (QED) is 0.738. The van der Waals surface area contributed by atoms with E-state index in [2.05, 4.69) is 25.7 Å². The minimum absolute atomic E-state index is 0.0210. The van der Waals surface area contributed by atoms with Crippen LogP contribution in [-0.4, -0.2) is 28.9 Å². The second-order valence-corrected chi connectivity index (χ2v) is 5.99. The SMILES string of the molecule is CC1Oc2cc(N)ccc2N=C1N1C(C)CCCC1C. The summed E-state index contributed by atoms with van der Waals surface area (Å²) < 4.78 is 6.02. The molecule has 1 saturated heterocycles. The fourth-order valence-electron chi connectivity index (χ4n) is 3.32. The Morgan fingerprint density at radius 1 is 1.20 bits per heavy atom. The number of fused-ring (bicyclic) bond motifs is 1. The standard InChI is InChI=1S/C16H23N3O/c1-10-5-4-6-11(2)19(10)16-12(3)20-15-9-13(17)7-8-14(15)18-16/h7-12H,4-6,17H2,1-3H3. The summed E-state index contributed by atoms with van der Waals surface area (Å²) in [4.78, 5) is 7.29. The lowest BCUT2D eigenvalue weighted by Gasteiger charge is -2.43. The van der Waals surface area contributed by atoms with Crippen LogP contribution in [-0.2, 0) is 0 Å². The molecule has 108 valence electrons. The van der Waals surface area contributed by atoms with Gasteiger partial charge in [-0.3, -0.25) is 0 Å². The molecule has 0 amide bonds. The van der Waals surface area contributed by atoms with Gasteiger partial charge in [-0.1, -0.05) is 0 Å². The fourth-order valence-corrected chi connectivity index (χ4v) is 3.32. The minimum Gasteiger partial charge on any atom is -0.480 e. The second kappa shape index (κ2) is 5.00. The molecule has 0 spiro atoms. The van der Waals surface area contributed by atoms with E-state index in [0.717, 1.165) is 17.3 Å². The van der Waals surface area contributed by atoms with Crippen LogP contribution in [0.15, 0.2) is 23.2 Å². The molecule has 0 radical (unpaired) electrons. The first-order valence-electron chi connectivity index (χ1n) is 7.49. The molecule has 2 N–H and O–H groups in total. The van der Waals surface area contributed by atoms with Gasteiger partial charge in [0.15, 0.2) is 6.10 Å². The summed E-state index contributed by atoms with van der Waals surface area (Å²) in [6.45, 7) is 6.63. The Morgan fingerprint density at radius 3 is 2.60 bits per heavy atom. The summed E-state index contributed by atoms with van der Waals surface area (Å²) in [5.74, 6) is 1.85. The molecule has 4 heteroatoms. The molecular formula is C16H23N3O. The molecule has 3 atom stereocenters. The highest BCUT2D eigenvalue weighted by molar-refractivity contribution is 5.92. The van der Waals surface area contributed by atoms with Crippen molar-refractivity contribution in [2.45, 2.75) is 58.2 Å². The van der Waals surface area contributed by atoms with Crippen molar-refractivity contribution in [3.05, 3.63) is 18.2 Å². The average Bonchev–Trinajstić information content (AvgIpc) is 2.39. The highest BCUT2D eigenvalue weighted by Crippen LogP contribution is 2.36. The molecule has 0 saturated carbocycles. The Morgan fingerprint density at radius 2 is 1.90 bits per heavy atom. The summed E-state index contributed by atoms with van der Waals surface area (Å²) in [5.41, 5.74) is 7.41. The first kappa shape index (κ1) is 13.3. The van der Waals surface area contributed by atoms with Gasteiger partial charge in [-0.25, -0.2) is 4.99 Å². The molecule has 3 rings (SSSR count). The topological polar surface area (TPSA) is 50.9 Å². The third-order valence-corrected chi connectivity index (χ3v) is 4.34. The molecule has 2 aliphatic heterocycles. The number of piperidine rings is 1. The van der Waals surface area contributed by atoms with Gasteiger partial charge >= 0.3 is 0 Å². The number of nitrogens with two attached hydrogens (primary N) is 1. The van der Waals surface area contributed by atoms with Crippen molar-refractivity contribution in [3.8, 4) is 5.75 Å². The van der Waals surface area contributed by atoms with Crippen LogP contribution >= 0.6 is 0 Å². The van der Waals surface area contributed by atoms with Gasteiger partial charge in [-0.05, 0) is 52.2 Å². The van der Waals surface area contributed by atoms with E-state index in [1.807, 2.05) is 18.2 Å². The minimum atomic E-state index is -0.0210. The van der Waals surface area contributed by atoms with Gasteiger partial charge in [0.05, 0.1) is 0 Å². The molecule has 2 heterocycles. The van der Waals surface area contributed by atoms with E-state index in [-0.39, 0.29) is 6.10 Å². The third-order valence-electron chi connectivity index (χ3n) is 4.34. The third kappa shape index (κ3) is 2.23. The highest BCUT2D eigenvalue weighted by atomic mass is 16.5. The van der Waals surface area contributed by atoms with E-state index in [1.165, 1.54) is 19.3 Å². The highest BCUT2D eigenvalue weighted by Gasteiger charge is 2.33. The lowest BCUT2D eigenvalue weighted by molar-refractivity contribution is 0.163. The van der Waals surface area contributed by atoms with Gasteiger partial charge in [0.1, 0.15) is 17.3 Å². The van der Waals surface area contributed by atoms with Crippen LogP contribution < -0.4 is 10.5 Å². The van der Waals surface area contributed by atoms with Crippen LogP contribution in [0.5, 0.6) is 5.75 Å². The largest absolute Gasteiger partial charge is 0.480 e. The smallest absolute Gasteiger partial charge is 0.153 e. The number of aliphatic imine (C=N–C) groups is 1. The van der Waals surface area contributed by atoms with Crippen LogP contribution in [0, 0.1) is 0 Å². The van der Waals surface area contributed by atoms with Crippen LogP contribution in [0.2, 0.25) is 0 Å². The molecule has 1 aromatic rings. The van der Waals surface area contributed by atoms with Gasteiger partial charge < -0.3 is 15.4 Å². The fraction of sp³-hybridized carbons (Fsp3) is 0.562. The number of benzene rings is 1. The van der Waals surface area contributed by atoms with Crippen LogP contribution in [0.1, 0.15) is 40.0 Å². The van der Waals surface area contributed by atoms with E-state index < -0.39 is 0 Å². The number of ether oxygens (including phenoxy) is 1. The molecule has 0 bridgehead atoms. The summed E-state index contributed by atoms with van der Waals surface area (Å²) in [6.07, 6.45) is 3.73. The number of nitrogen functional groups attached to an aromatic ring is 1. The van der Waals surface area contributed by atoms with Crippen molar-refractivity contribution >= 4 is 17.2 Å². The van der Waals surface area contributed by atoms with Crippen molar-refractivity contribution in [3.63, 3.8) is 0 Å². The van der Waals surface area contributed by atoms with Crippen molar-refractivity contribution in [1.29, 1.82) is 0 Å². The van der Waals surface area contributed by atoms with E-state index in [1.54, 1.807) is 0 Å². The summed E-state index contributed by atoms with van der Waals surface area (Å²) in [7, 11) is 0. The molecule has 1 fully saturated rings. The van der Waals surface area contributed by atoms with Gasteiger partial charge in [-0.2, -0.15) is 0 Å². The zero-order valence-corrected chi connectivity index (χ0v) is 12.5. The van der Waals surface area contributed by atoms with Crippen LogP contribution in [0.3, 0.4) is 0 Å². The molecular weight excluding hydrogens is 250 g/mol. The maximum atomic E-state index is 6.02. The van der Waals surface area contributed by atoms with Gasteiger partial charge in [-0.15, -0.1) is 0 Å². The molecule has 20 heavy (non-hydrogen) atoms. The van der Waals surface area contributed by atoms with E-state index in [9.17, 15) is 0 Å². The normalized spacial score (nSPS) is 29.4. The monoisotopic (exact) mass is 273 g/mol. The first-order valence-corrected chi connectivity index (χ1v) is 7.49. The van der Waals surface area contributed by atoms with E-state index >= 15 is 0 Å². The van der Waals surface area contributed by atoms with Gasteiger partial charge in [0.2, 0.25) is 0 Å². The van der Waals surface area contributed by atoms with Crippen molar-refractivity contribution < 1.29 is 4.74 Å². The van der Waals surface area contributed by atoms with Crippen molar-refractivity contribution in [2.75, 3.05) is 5.73 Å². The van der Waals surface area contributed by atoms with Crippen molar-refractivity contribution in [1.82, 2.24) is 4.90 Å². The Labute approximate surface area is 120 Å². The molecule has 3 unspecified atom stereocenters. The van der Waals surface area contributed by atoms with E-state index in [0.29, 0.717) is 17.8 Å². The predicted molar refractivity (Wildman–Crippen MR) is 82.7 cm³/mol. The lowest BCUT2D eigenvalue weighted by Crippen LogP contribution is -2.52. The predicted octanol–water partition coefficient (Wildman–Crippen LogP) is 3.34. The Hall–Kier alpha value is -1.71. The first-order chi connectivity index (χ1) is 9.56. The molecule has 1 aromatic carbocycles. The van der Waals surface area contributed by atoms with Gasteiger partial charge in [0.25, 0.3) is 0 Å². The lowest BCUT2D eigenvalue weighted by atomic mass is 9.96. The Kier molecular flexibility index (Phi) is 3.32. The Bertz CT molecular complexity index is 531. The number of amidine groups is 1. The number of hydrogen-bond acceptors (Lipinski definition) is 4. The van der Waals surface area contributed by atoms with Gasteiger partial charge in [0, 0.05) is 23.8 Å². The number of rotatable bonds is 0. The number of nitrogens with zero attached hydrogens (tertiary/aromatic N) is 2. The molecule has 0 aliphatic carbocycles. The molecule has 2 aliphatic rings. The molecule has 0 aromatic heterocycles. The summed E-state index contributed by atoms with van der Waals surface area (Å²) in [6, 6.07) is 6.73. The number of anilines is 1. The summed E-state index contributed by atoms with van der Waals surface area (Å²) >= 11 is 0.